The van der Waals surface area contributed by atoms with Crippen LogP contribution in [0.1, 0.15) is 54.0 Å². The molecule has 0 saturated carbocycles. The monoisotopic (exact) mass is 521 g/mol. The Morgan fingerprint density at radius 2 is 1.40 bits per heavy atom. The number of hydrogen-bond donors (Lipinski definition) is 1. The van der Waals surface area contributed by atoms with Crippen molar-refractivity contribution in [3.8, 4) is 5.75 Å². The van der Waals surface area contributed by atoms with E-state index in [9.17, 15) is 5.11 Å². The third-order valence-electron chi connectivity index (χ3n) is 5.90. The molecule has 0 aromatic heterocycles. The second-order valence-corrected chi connectivity index (χ2v) is 15.6. The molecule has 0 aliphatic heterocycles. The minimum Gasteiger partial charge on any atom is -0.508 e. The number of phenolic OH excluding ortho intramolecular Hbond substituents is 1. The molecule has 0 bridgehead atoms. The summed E-state index contributed by atoms with van der Waals surface area (Å²) < 4.78 is 0. The summed E-state index contributed by atoms with van der Waals surface area (Å²) in [5.74, 6) is 0.958. The van der Waals surface area contributed by atoms with Crippen molar-refractivity contribution < 1.29 is 26.8 Å². The van der Waals surface area contributed by atoms with Gasteiger partial charge < -0.3 is 5.11 Å². The predicted molar refractivity (Wildman–Crippen MR) is 142 cm³/mol. The summed E-state index contributed by atoms with van der Waals surface area (Å²) in [6.45, 7) is 26.6. The van der Waals surface area contributed by atoms with Gasteiger partial charge in [0, 0.05) is 31.2 Å². The number of allylic oxidation sites excluding steroid dienone is 4. The van der Waals surface area contributed by atoms with E-state index in [4.69, 9.17) is 0 Å². The van der Waals surface area contributed by atoms with E-state index in [2.05, 4.69) is 86.8 Å². The van der Waals surface area contributed by atoms with Gasteiger partial charge in [0.2, 0.25) is 0 Å². The fourth-order valence-corrected chi connectivity index (χ4v) is 4.68. The minimum absolute atomic E-state index is 0. The summed E-state index contributed by atoms with van der Waals surface area (Å²) in [7, 11) is -0.420. The van der Waals surface area contributed by atoms with Gasteiger partial charge in [0.1, 0.15) is 5.75 Å². The van der Waals surface area contributed by atoms with Crippen LogP contribution in [0.15, 0.2) is 34.9 Å². The number of aryl methyl sites for hydroxylation is 1. The van der Waals surface area contributed by atoms with Crippen LogP contribution >= 0.6 is 24.8 Å². The molecular formula is C24H43Cl2OSi2Ti-. The first-order valence-electron chi connectivity index (χ1n) is 9.86. The van der Waals surface area contributed by atoms with E-state index in [0.29, 0.717) is 16.7 Å². The summed E-state index contributed by atoms with van der Waals surface area (Å²) in [5, 5.41) is 11.3. The largest absolute Gasteiger partial charge is 0.508 e. The van der Waals surface area contributed by atoms with Crippen molar-refractivity contribution in [2.75, 3.05) is 0 Å². The van der Waals surface area contributed by atoms with Crippen LogP contribution in [0.25, 0.3) is 0 Å². The van der Waals surface area contributed by atoms with Crippen molar-refractivity contribution in [2.45, 2.75) is 86.6 Å². The maximum absolute atomic E-state index is 9.65. The number of benzene rings is 1. The molecule has 1 nitrogen and oxygen atoms in total. The van der Waals surface area contributed by atoms with E-state index < -0.39 is 8.07 Å². The summed E-state index contributed by atoms with van der Waals surface area (Å²) in [6, 6.07) is 5.97. The second kappa shape index (κ2) is 15.9. The maximum Gasteiger partial charge on any atom is 0.115 e. The molecular weight excluding hydrogens is 479 g/mol. The molecule has 172 valence electrons. The van der Waals surface area contributed by atoms with Gasteiger partial charge in [-0.2, -0.15) is 11.1 Å². The van der Waals surface area contributed by atoms with E-state index in [1.807, 2.05) is 19.1 Å². The Labute approximate surface area is 218 Å². The third-order valence-corrected chi connectivity index (χ3v) is 11.4. The number of hydrogen-bond acceptors (Lipinski definition) is 1. The van der Waals surface area contributed by atoms with Crippen LogP contribution in [-0.4, -0.2) is 22.7 Å². The molecule has 1 aromatic carbocycles. The van der Waals surface area contributed by atoms with E-state index in [0.717, 1.165) is 15.1 Å². The van der Waals surface area contributed by atoms with Crippen LogP contribution in [0.3, 0.4) is 0 Å². The van der Waals surface area contributed by atoms with Crippen LogP contribution in [0, 0.1) is 18.9 Å². The SMILES string of the molecule is CC1=[C-]C(C)C(C)=C1C.C[Si]C.Cc1cc(O)cc([Si](C)(C)C(C)(C)C)c1.Cl.Cl.[Ti]. The van der Waals surface area contributed by atoms with Crippen LogP contribution in [0.4, 0.5) is 0 Å². The Morgan fingerprint density at radius 1 is 0.967 bits per heavy atom. The molecule has 2 radical (unpaired) electrons. The molecule has 1 aliphatic carbocycles. The Balaban J connectivity index is -0.000000195. The van der Waals surface area contributed by atoms with Gasteiger partial charge in [-0.15, -0.1) is 31.7 Å². The number of phenols is 1. The van der Waals surface area contributed by atoms with Crippen molar-refractivity contribution in [2.24, 2.45) is 5.92 Å². The summed E-state index contributed by atoms with van der Waals surface area (Å²) in [6.07, 6.45) is 3.36. The van der Waals surface area contributed by atoms with Gasteiger partial charge in [0.05, 0.1) is 8.07 Å². The number of rotatable bonds is 1. The average molecular weight is 523 g/mol. The Morgan fingerprint density at radius 3 is 1.63 bits per heavy atom. The van der Waals surface area contributed by atoms with Crippen LogP contribution < -0.4 is 5.19 Å². The number of halogens is 2. The zero-order valence-electron chi connectivity index (χ0n) is 21.1. The van der Waals surface area contributed by atoms with Gasteiger partial charge in [-0.05, 0) is 29.7 Å². The van der Waals surface area contributed by atoms with Crippen molar-refractivity contribution in [1.82, 2.24) is 0 Å². The summed E-state index contributed by atoms with van der Waals surface area (Å²) >= 11 is 0. The average Bonchev–Trinajstić information content (AvgIpc) is 2.73. The molecule has 1 atom stereocenters. The topological polar surface area (TPSA) is 20.2 Å². The van der Waals surface area contributed by atoms with E-state index in [1.165, 1.54) is 21.9 Å². The predicted octanol–water partition coefficient (Wildman–Crippen LogP) is 7.77. The zero-order chi connectivity index (χ0) is 21.6. The van der Waals surface area contributed by atoms with Gasteiger partial charge in [-0.3, -0.25) is 6.08 Å². The van der Waals surface area contributed by atoms with E-state index in [1.54, 1.807) is 0 Å². The maximum atomic E-state index is 9.65. The normalized spacial score (nSPS) is 15.2. The first-order valence-corrected chi connectivity index (χ1v) is 14.9. The molecule has 1 unspecified atom stereocenters. The molecule has 1 aliphatic rings. The van der Waals surface area contributed by atoms with Gasteiger partial charge in [-0.1, -0.05) is 84.9 Å². The van der Waals surface area contributed by atoms with Gasteiger partial charge in [-0.25, -0.2) is 5.57 Å². The summed E-state index contributed by atoms with van der Waals surface area (Å²) in [4.78, 5) is 0. The Bertz CT molecular complexity index is 673. The molecule has 30 heavy (non-hydrogen) atoms. The van der Waals surface area contributed by atoms with E-state index in [-0.39, 0.29) is 46.5 Å². The minimum atomic E-state index is -1.50. The number of aromatic hydroxyl groups is 1. The van der Waals surface area contributed by atoms with E-state index >= 15 is 0 Å². The molecule has 1 N–H and O–H groups in total. The molecule has 0 fully saturated rings. The fourth-order valence-electron chi connectivity index (χ4n) is 2.72. The van der Waals surface area contributed by atoms with Crippen LogP contribution in [0.5, 0.6) is 5.75 Å². The van der Waals surface area contributed by atoms with Gasteiger partial charge in [0.15, 0.2) is 0 Å². The molecule has 2 rings (SSSR count). The molecule has 0 amide bonds. The van der Waals surface area contributed by atoms with Crippen molar-refractivity contribution in [3.05, 3.63) is 46.6 Å². The molecule has 6 heteroatoms. The molecule has 0 saturated heterocycles. The first kappa shape index (κ1) is 37.5. The second-order valence-electron chi connectivity index (χ2n) is 9.23. The van der Waals surface area contributed by atoms with Crippen molar-refractivity contribution >= 4 is 47.6 Å². The van der Waals surface area contributed by atoms with Crippen LogP contribution in [0.2, 0.25) is 31.2 Å². The Kier molecular flexibility index (Phi) is 19.9. The standard InChI is InChI=1S/C13H22OSi.C9H13.C2H6Si.2ClH.Ti/c1-10-7-11(14)9-12(8-10)15(5,6)13(2,3)4;1-6-5-7(2)9(4)8(6)3;1-3-2;;;/h7-9,14H,1-6H3;6H,1-4H3;1-2H3;2*1H;/q;-1;;;;. The third kappa shape index (κ3) is 11.2. The van der Waals surface area contributed by atoms with Crippen LogP contribution in [-0.2, 0) is 21.7 Å². The Hall–Kier alpha value is 0.228. The smallest absolute Gasteiger partial charge is 0.115 e. The quantitative estimate of drug-likeness (QED) is 0.295. The molecule has 0 spiro atoms. The van der Waals surface area contributed by atoms with Gasteiger partial charge >= 0.3 is 0 Å². The van der Waals surface area contributed by atoms with Crippen molar-refractivity contribution in [3.63, 3.8) is 0 Å². The van der Waals surface area contributed by atoms with Crippen molar-refractivity contribution in [1.29, 1.82) is 0 Å². The molecule has 1 aromatic rings. The molecule has 0 heterocycles. The zero-order valence-corrected chi connectivity index (χ0v) is 26.3. The first-order chi connectivity index (χ1) is 12.2. The van der Waals surface area contributed by atoms with Gasteiger partial charge in [0.25, 0.3) is 0 Å². The summed E-state index contributed by atoms with van der Waals surface area (Å²) in [5.41, 5.74) is 5.39. The fraction of sp³-hybridized carbons (Fsp3) is 0.583.